The van der Waals surface area contributed by atoms with Crippen LogP contribution in [0.15, 0.2) is 57.7 Å². The maximum absolute atomic E-state index is 12.4. The maximum Gasteiger partial charge on any atom is 0.336 e. The first-order chi connectivity index (χ1) is 14.4. The number of hydrogen-bond donors (Lipinski definition) is 1. The fourth-order valence-electron chi connectivity index (χ4n) is 3.16. The molecule has 4 rings (SSSR count). The Hall–Kier alpha value is -2.97. The summed E-state index contributed by atoms with van der Waals surface area (Å²) >= 11 is 7.63. The molecule has 1 unspecified atom stereocenters. The van der Waals surface area contributed by atoms with Crippen LogP contribution < -0.4 is 15.8 Å². The van der Waals surface area contributed by atoms with Gasteiger partial charge in [-0.25, -0.2) is 9.80 Å². The van der Waals surface area contributed by atoms with Crippen LogP contribution in [0, 0.1) is 6.92 Å². The monoisotopic (exact) mass is 444 g/mol. The Kier molecular flexibility index (Phi) is 5.69. The molecule has 1 saturated heterocycles. The standard InChI is InChI=1S/C21H17ClN2O5S/c1-12-8-20(27)29-17-9-13(6-7-14(12)17)28-10-18(25)23-24-19(26)11-30-21(24)15-4-2-3-5-16(15)22/h2-9,21H,10-11H2,1H3,(H,23,25). The van der Waals surface area contributed by atoms with E-state index in [2.05, 4.69) is 5.43 Å². The van der Waals surface area contributed by atoms with Crippen LogP contribution in [0.2, 0.25) is 5.02 Å². The van der Waals surface area contributed by atoms with E-state index in [1.54, 1.807) is 30.3 Å². The molecule has 154 valence electrons. The van der Waals surface area contributed by atoms with Gasteiger partial charge >= 0.3 is 5.63 Å². The van der Waals surface area contributed by atoms with Crippen molar-refractivity contribution in [3.63, 3.8) is 0 Å². The van der Waals surface area contributed by atoms with Gasteiger partial charge < -0.3 is 9.15 Å². The zero-order chi connectivity index (χ0) is 21.3. The number of thioether (sulfide) groups is 1. The third-order valence-corrected chi connectivity index (χ3v) is 6.12. The van der Waals surface area contributed by atoms with E-state index < -0.39 is 16.9 Å². The fourth-order valence-corrected chi connectivity index (χ4v) is 4.61. The molecule has 3 aromatic rings. The quantitative estimate of drug-likeness (QED) is 0.606. The lowest BCUT2D eigenvalue weighted by molar-refractivity contribution is -0.140. The Morgan fingerprint density at radius 2 is 2.07 bits per heavy atom. The molecule has 0 spiro atoms. The summed E-state index contributed by atoms with van der Waals surface area (Å²) in [5.41, 5.74) is 4.06. The van der Waals surface area contributed by atoms with E-state index in [9.17, 15) is 14.4 Å². The third-order valence-electron chi connectivity index (χ3n) is 4.58. The van der Waals surface area contributed by atoms with Crippen LogP contribution in [0.3, 0.4) is 0 Å². The lowest BCUT2D eigenvalue weighted by Crippen LogP contribution is -2.46. The van der Waals surface area contributed by atoms with Crippen molar-refractivity contribution in [3.8, 4) is 5.75 Å². The van der Waals surface area contributed by atoms with Crippen LogP contribution in [-0.2, 0) is 9.59 Å². The van der Waals surface area contributed by atoms with Gasteiger partial charge in [-0.05, 0) is 30.7 Å². The predicted molar refractivity (Wildman–Crippen MR) is 114 cm³/mol. The topological polar surface area (TPSA) is 88.8 Å². The van der Waals surface area contributed by atoms with Crippen molar-refractivity contribution in [1.82, 2.24) is 10.4 Å². The molecule has 7 nitrogen and oxygen atoms in total. The number of amides is 2. The van der Waals surface area contributed by atoms with Gasteiger partial charge in [0.05, 0.1) is 5.75 Å². The first-order valence-electron chi connectivity index (χ1n) is 9.07. The molecular formula is C21H17ClN2O5S. The first kappa shape index (κ1) is 20.3. The van der Waals surface area contributed by atoms with E-state index in [1.165, 1.54) is 22.8 Å². The summed E-state index contributed by atoms with van der Waals surface area (Å²) < 4.78 is 10.7. The summed E-state index contributed by atoms with van der Waals surface area (Å²) in [6.07, 6.45) is 0. The minimum absolute atomic E-state index is 0.221. The van der Waals surface area contributed by atoms with Crippen molar-refractivity contribution in [2.75, 3.05) is 12.4 Å². The van der Waals surface area contributed by atoms with Gasteiger partial charge in [-0.2, -0.15) is 0 Å². The summed E-state index contributed by atoms with van der Waals surface area (Å²) in [6, 6.07) is 13.6. The largest absolute Gasteiger partial charge is 0.484 e. The highest BCUT2D eigenvalue weighted by molar-refractivity contribution is 8.00. The highest BCUT2D eigenvalue weighted by Gasteiger charge is 2.35. The molecule has 0 aliphatic carbocycles. The molecule has 1 aliphatic heterocycles. The highest BCUT2D eigenvalue weighted by atomic mass is 35.5. The number of carbonyl (C=O) groups excluding carboxylic acids is 2. The van der Waals surface area contributed by atoms with Crippen molar-refractivity contribution in [2.24, 2.45) is 0 Å². The number of nitrogens with one attached hydrogen (secondary N) is 1. The Morgan fingerprint density at radius 3 is 2.87 bits per heavy atom. The maximum atomic E-state index is 12.4. The lowest BCUT2D eigenvalue weighted by Gasteiger charge is -2.25. The molecular weight excluding hydrogens is 428 g/mol. The Balaban J connectivity index is 1.44. The predicted octanol–water partition coefficient (Wildman–Crippen LogP) is 3.44. The second kappa shape index (κ2) is 8.41. The Bertz CT molecular complexity index is 1200. The van der Waals surface area contributed by atoms with E-state index in [4.69, 9.17) is 20.8 Å². The molecule has 0 radical (unpaired) electrons. The van der Waals surface area contributed by atoms with Gasteiger partial charge in [0.25, 0.3) is 11.8 Å². The van der Waals surface area contributed by atoms with Crippen LogP contribution in [-0.4, -0.2) is 29.2 Å². The minimum Gasteiger partial charge on any atom is -0.484 e. The van der Waals surface area contributed by atoms with Gasteiger partial charge in [-0.3, -0.25) is 15.0 Å². The second-order valence-electron chi connectivity index (χ2n) is 6.68. The van der Waals surface area contributed by atoms with Crippen LogP contribution >= 0.6 is 23.4 Å². The lowest BCUT2D eigenvalue weighted by atomic mass is 10.1. The molecule has 1 N–H and O–H groups in total. The number of ether oxygens (including phenoxy) is 1. The zero-order valence-corrected chi connectivity index (χ0v) is 17.5. The summed E-state index contributed by atoms with van der Waals surface area (Å²) in [5, 5.41) is 2.18. The van der Waals surface area contributed by atoms with E-state index >= 15 is 0 Å². The minimum atomic E-state index is -0.492. The van der Waals surface area contributed by atoms with Gasteiger partial charge in [0.15, 0.2) is 6.61 Å². The van der Waals surface area contributed by atoms with E-state index in [0.29, 0.717) is 16.4 Å². The number of benzene rings is 2. The van der Waals surface area contributed by atoms with Crippen LogP contribution in [0.25, 0.3) is 11.0 Å². The number of nitrogens with zero attached hydrogens (tertiary/aromatic N) is 1. The SMILES string of the molecule is Cc1cc(=O)oc2cc(OCC(=O)NN3C(=O)CSC3c3ccccc3Cl)ccc12. The van der Waals surface area contributed by atoms with Gasteiger partial charge in [0.1, 0.15) is 16.7 Å². The first-order valence-corrected chi connectivity index (χ1v) is 10.5. The smallest absolute Gasteiger partial charge is 0.336 e. The summed E-state index contributed by atoms with van der Waals surface area (Å²) in [4.78, 5) is 36.2. The molecule has 30 heavy (non-hydrogen) atoms. The van der Waals surface area contributed by atoms with Crippen LogP contribution in [0.1, 0.15) is 16.5 Å². The summed E-state index contributed by atoms with van der Waals surface area (Å²) in [6.45, 7) is 1.50. The van der Waals surface area contributed by atoms with Crippen molar-refractivity contribution in [2.45, 2.75) is 12.3 Å². The Labute approximate surface area is 180 Å². The summed E-state index contributed by atoms with van der Waals surface area (Å²) in [5.74, 6) is -0.105. The molecule has 1 aromatic heterocycles. The number of hydrazine groups is 1. The molecule has 2 aromatic carbocycles. The number of halogens is 1. The van der Waals surface area contributed by atoms with Gasteiger partial charge in [0, 0.05) is 28.1 Å². The average Bonchev–Trinajstić information content (AvgIpc) is 3.06. The van der Waals surface area contributed by atoms with Gasteiger partial charge in [-0.1, -0.05) is 29.8 Å². The number of rotatable bonds is 5. The molecule has 1 fully saturated rings. The highest BCUT2D eigenvalue weighted by Crippen LogP contribution is 2.40. The molecule has 2 amide bonds. The van der Waals surface area contributed by atoms with Crippen LogP contribution in [0.5, 0.6) is 5.75 Å². The average molecular weight is 445 g/mol. The van der Waals surface area contributed by atoms with Crippen molar-refractivity contribution >= 4 is 46.1 Å². The van der Waals surface area contributed by atoms with Crippen molar-refractivity contribution < 1.29 is 18.7 Å². The van der Waals surface area contributed by atoms with Crippen molar-refractivity contribution in [3.05, 3.63) is 75.1 Å². The molecule has 2 heterocycles. The van der Waals surface area contributed by atoms with Crippen LogP contribution in [0.4, 0.5) is 0 Å². The van der Waals surface area contributed by atoms with Gasteiger partial charge in [-0.15, -0.1) is 11.8 Å². The van der Waals surface area contributed by atoms with Gasteiger partial charge in [0.2, 0.25) is 0 Å². The Morgan fingerprint density at radius 1 is 1.27 bits per heavy atom. The number of carbonyl (C=O) groups is 2. The van der Waals surface area contributed by atoms with E-state index in [0.717, 1.165) is 16.5 Å². The number of fused-ring (bicyclic) bond motifs is 1. The molecule has 9 heteroatoms. The number of aryl methyl sites for hydroxylation is 1. The molecule has 1 atom stereocenters. The molecule has 0 saturated carbocycles. The normalized spacial score (nSPS) is 16.1. The molecule has 1 aliphatic rings. The summed E-state index contributed by atoms with van der Waals surface area (Å²) in [7, 11) is 0. The van der Waals surface area contributed by atoms with E-state index in [1.807, 2.05) is 19.1 Å². The fraction of sp³-hybridized carbons (Fsp3) is 0.190. The second-order valence-corrected chi connectivity index (χ2v) is 8.15. The third kappa shape index (κ3) is 4.15. The number of hydrogen-bond acceptors (Lipinski definition) is 6. The molecule has 0 bridgehead atoms. The van der Waals surface area contributed by atoms with E-state index in [-0.39, 0.29) is 18.3 Å². The van der Waals surface area contributed by atoms with Crippen molar-refractivity contribution in [1.29, 1.82) is 0 Å². The zero-order valence-electron chi connectivity index (χ0n) is 15.9.